The van der Waals surface area contributed by atoms with Crippen LogP contribution >= 0.6 is 0 Å². The first-order valence-electron chi connectivity index (χ1n) is 5.94. The SMILES string of the molecule is C=C/C(=C(\COC)CO/C(=C/C=C\C)NC)C(F)(F)F. The van der Waals surface area contributed by atoms with E-state index in [1.165, 1.54) is 7.11 Å². The standard InChI is InChI=1S/C14H20F3NO2/c1-5-7-8-13(18-3)20-10-11(9-19-4)12(6-2)14(15,16)17/h5-8,18H,2,9-10H2,1,3-4H3/b7-5-,12-11-,13-8+. The lowest BCUT2D eigenvalue weighted by Crippen LogP contribution is -2.19. The monoisotopic (exact) mass is 291 g/mol. The first kappa shape index (κ1) is 18.3. The van der Waals surface area contributed by atoms with Gasteiger partial charge in [0.05, 0.1) is 12.2 Å². The minimum absolute atomic E-state index is 0.0170. The average molecular weight is 291 g/mol. The molecule has 0 spiro atoms. The van der Waals surface area contributed by atoms with Gasteiger partial charge in [-0.15, -0.1) is 0 Å². The summed E-state index contributed by atoms with van der Waals surface area (Å²) < 4.78 is 48.6. The highest BCUT2D eigenvalue weighted by atomic mass is 19.4. The van der Waals surface area contributed by atoms with Gasteiger partial charge in [0.1, 0.15) is 6.61 Å². The fourth-order valence-electron chi connectivity index (χ4n) is 1.38. The fraction of sp³-hybridized carbons (Fsp3) is 0.429. The van der Waals surface area contributed by atoms with Crippen molar-refractivity contribution in [1.82, 2.24) is 5.32 Å². The van der Waals surface area contributed by atoms with Gasteiger partial charge in [-0.2, -0.15) is 13.2 Å². The quantitative estimate of drug-likeness (QED) is 0.549. The molecule has 0 aromatic carbocycles. The Morgan fingerprint density at radius 3 is 2.35 bits per heavy atom. The molecule has 0 saturated carbocycles. The highest BCUT2D eigenvalue weighted by Gasteiger charge is 2.34. The summed E-state index contributed by atoms with van der Waals surface area (Å²) in [6.45, 7) is 4.60. The maximum absolute atomic E-state index is 12.8. The molecule has 6 heteroatoms. The van der Waals surface area contributed by atoms with Gasteiger partial charge >= 0.3 is 6.18 Å². The average Bonchev–Trinajstić information content (AvgIpc) is 2.38. The van der Waals surface area contributed by atoms with Crippen molar-refractivity contribution in [2.45, 2.75) is 13.1 Å². The second kappa shape index (κ2) is 9.25. The third-order valence-corrected chi connectivity index (χ3v) is 2.30. The number of methoxy groups -OCH3 is 1. The number of hydrogen-bond acceptors (Lipinski definition) is 3. The second-order valence-corrected chi connectivity index (χ2v) is 3.75. The molecular formula is C14H20F3NO2. The Labute approximate surface area is 117 Å². The van der Waals surface area contributed by atoms with Crippen LogP contribution in [0.4, 0.5) is 13.2 Å². The predicted molar refractivity (Wildman–Crippen MR) is 73.1 cm³/mol. The first-order chi connectivity index (χ1) is 9.40. The molecule has 0 fully saturated rings. The van der Waals surface area contributed by atoms with Gasteiger partial charge in [-0.3, -0.25) is 0 Å². The van der Waals surface area contributed by atoms with Gasteiger partial charge in [0.2, 0.25) is 0 Å². The van der Waals surface area contributed by atoms with Crippen molar-refractivity contribution in [3.63, 3.8) is 0 Å². The van der Waals surface area contributed by atoms with Crippen LogP contribution in [0.1, 0.15) is 6.92 Å². The van der Waals surface area contributed by atoms with E-state index in [1.807, 2.05) is 6.92 Å². The Morgan fingerprint density at radius 2 is 1.95 bits per heavy atom. The Balaban J connectivity index is 5.12. The number of allylic oxidation sites excluding steroid dienone is 5. The van der Waals surface area contributed by atoms with Crippen LogP contribution in [0.25, 0.3) is 0 Å². The van der Waals surface area contributed by atoms with E-state index in [9.17, 15) is 13.2 Å². The minimum Gasteiger partial charge on any atom is -0.475 e. The van der Waals surface area contributed by atoms with Crippen molar-refractivity contribution < 1.29 is 22.6 Å². The molecule has 20 heavy (non-hydrogen) atoms. The molecule has 0 aliphatic heterocycles. The van der Waals surface area contributed by atoms with Gasteiger partial charge < -0.3 is 14.8 Å². The number of alkyl halides is 3. The van der Waals surface area contributed by atoms with Crippen molar-refractivity contribution in [3.8, 4) is 0 Å². The summed E-state index contributed by atoms with van der Waals surface area (Å²) >= 11 is 0. The van der Waals surface area contributed by atoms with Crippen molar-refractivity contribution in [2.24, 2.45) is 0 Å². The largest absolute Gasteiger partial charge is 0.475 e. The van der Waals surface area contributed by atoms with E-state index in [0.29, 0.717) is 5.88 Å². The Hall–Kier alpha value is -1.69. The summed E-state index contributed by atoms with van der Waals surface area (Å²) in [6.07, 6.45) is 1.39. The van der Waals surface area contributed by atoms with Crippen molar-refractivity contribution >= 4 is 0 Å². The summed E-state index contributed by atoms with van der Waals surface area (Å²) in [4.78, 5) is 0. The van der Waals surface area contributed by atoms with Gasteiger partial charge in [-0.1, -0.05) is 24.8 Å². The molecule has 0 aliphatic carbocycles. The Morgan fingerprint density at radius 1 is 1.30 bits per heavy atom. The van der Waals surface area contributed by atoms with Crippen LogP contribution in [0, 0.1) is 0 Å². The zero-order valence-electron chi connectivity index (χ0n) is 11.9. The molecule has 3 nitrogen and oxygen atoms in total. The molecule has 0 heterocycles. The maximum atomic E-state index is 12.8. The molecule has 0 saturated heterocycles. The predicted octanol–water partition coefficient (Wildman–Crippen LogP) is 3.33. The first-order valence-corrected chi connectivity index (χ1v) is 5.94. The number of nitrogens with one attached hydrogen (secondary N) is 1. The van der Waals surface area contributed by atoms with Crippen LogP contribution in [-0.4, -0.2) is 33.5 Å². The topological polar surface area (TPSA) is 30.5 Å². The smallest absolute Gasteiger partial charge is 0.416 e. The summed E-state index contributed by atoms with van der Waals surface area (Å²) in [5.74, 6) is 0.363. The Kier molecular flexibility index (Phi) is 8.47. The van der Waals surface area contributed by atoms with Crippen LogP contribution in [0.3, 0.4) is 0 Å². The highest BCUT2D eigenvalue weighted by molar-refractivity contribution is 5.30. The number of halogens is 3. The van der Waals surface area contributed by atoms with Gasteiger partial charge in [0.25, 0.3) is 0 Å². The summed E-state index contributed by atoms with van der Waals surface area (Å²) in [5.41, 5.74) is -0.850. The van der Waals surface area contributed by atoms with Crippen LogP contribution in [0.2, 0.25) is 0 Å². The lowest BCUT2D eigenvalue weighted by atomic mass is 10.1. The zero-order valence-corrected chi connectivity index (χ0v) is 11.9. The third-order valence-electron chi connectivity index (χ3n) is 2.30. The van der Waals surface area contributed by atoms with Gasteiger partial charge in [-0.05, 0) is 13.0 Å². The van der Waals surface area contributed by atoms with E-state index in [0.717, 1.165) is 6.08 Å². The molecule has 0 atom stereocenters. The van der Waals surface area contributed by atoms with E-state index in [-0.39, 0.29) is 18.8 Å². The molecule has 0 aromatic rings. The number of rotatable bonds is 8. The van der Waals surface area contributed by atoms with E-state index in [2.05, 4.69) is 11.9 Å². The summed E-state index contributed by atoms with van der Waals surface area (Å²) in [7, 11) is 2.94. The highest BCUT2D eigenvalue weighted by Crippen LogP contribution is 2.29. The molecule has 0 radical (unpaired) electrons. The second-order valence-electron chi connectivity index (χ2n) is 3.75. The summed E-state index contributed by atoms with van der Waals surface area (Å²) in [5, 5.41) is 2.75. The lowest BCUT2D eigenvalue weighted by Gasteiger charge is -2.16. The molecule has 0 aliphatic rings. The molecular weight excluding hydrogens is 271 g/mol. The molecule has 0 bridgehead atoms. The van der Waals surface area contributed by atoms with E-state index >= 15 is 0 Å². The fourth-order valence-corrected chi connectivity index (χ4v) is 1.38. The minimum atomic E-state index is -4.48. The maximum Gasteiger partial charge on any atom is 0.416 e. The molecule has 0 amide bonds. The zero-order chi connectivity index (χ0) is 15.6. The van der Waals surface area contributed by atoms with Gasteiger partial charge in [-0.25, -0.2) is 0 Å². The molecule has 0 aromatic heterocycles. The van der Waals surface area contributed by atoms with Crippen molar-refractivity contribution in [2.75, 3.05) is 27.4 Å². The van der Waals surface area contributed by atoms with Crippen LogP contribution in [0.5, 0.6) is 0 Å². The molecule has 0 rings (SSSR count). The Bertz CT molecular complexity index is 396. The summed E-state index contributed by atoms with van der Waals surface area (Å²) in [6, 6.07) is 0. The number of hydrogen-bond donors (Lipinski definition) is 1. The third kappa shape index (κ3) is 6.47. The lowest BCUT2D eigenvalue weighted by molar-refractivity contribution is -0.0900. The van der Waals surface area contributed by atoms with E-state index < -0.39 is 11.7 Å². The van der Waals surface area contributed by atoms with Gasteiger partial charge in [0, 0.05) is 19.7 Å². The van der Waals surface area contributed by atoms with Crippen molar-refractivity contribution in [3.05, 3.63) is 47.9 Å². The van der Waals surface area contributed by atoms with E-state index in [4.69, 9.17) is 9.47 Å². The normalized spacial score (nSPS) is 14.2. The number of ether oxygens (including phenoxy) is 2. The van der Waals surface area contributed by atoms with Crippen LogP contribution in [0.15, 0.2) is 47.9 Å². The van der Waals surface area contributed by atoms with Crippen molar-refractivity contribution in [1.29, 1.82) is 0 Å². The molecule has 0 unspecified atom stereocenters. The molecule has 114 valence electrons. The molecule has 1 N–H and O–H groups in total. The van der Waals surface area contributed by atoms with Crippen LogP contribution in [-0.2, 0) is 9.47 Å². The van der Waals surface area contributed by atoms with Gasteiger partial charge in [0.15, 0.2) is 5.88 Å². The van der Waals surface area contributed by atoms with E-state index in [1.54, 1.807) is 25.3 Å². The van der Waals surface area contributed by atoms with Crippen LogP contribution < -0.4 is 5.32 Å².